The summed E-state index contributed by atoms with van der Waals surface area (Å²) in [6.07, 6.45) is 2.35. The van der Waals surface area contributed by atoms with Crippen LogP contribution in [0.4, 0.5) is 4.39 Å². The van der Waals surface area contributed by atoms with E-state index in [4.69, 9.17) is 5.73 Å². The number of likely N-dealkylation sites (tertiary alicyclic amines) is 1. The first kappa shape index (κ1) is 25.6. The monoisotopic (exact) mass is 516 g/mol. The summed E-state index contributed by atoms with van der Waals surface area (Å²) in [7, 11) is 1.82. The standard InChI is InChI=1S/C28H29FN6O3/c1-33-13-20-9-18(6-7-25(20)32-33)27-23(17-4-5-19(12-30)24(29)10-17)11-26(35(27)15-22(37)16-36)28(38)34-8-2-3-21(31)14-34/h4-7,9-11,13,21-22,36-37H,2-3,8,14-16,31H2,1H3. The number of piperidine rings is 1. The Kier molecular flexibility index (Phi) is 6.99. The van der Waals surface area contributed by atoms with E-state index in [9.17, 15) is 24.7 Å². The van der Waals surface area contributed by atoms with Crippen LogP contribution in [-0.2, 0) is 13.6 Å². The van der Waals surface area contributed by atoms with Crippen LogP contribution < -0.4 is 5.73 Å². The van der Waals surface area contributed by atoms with E-state index in [-0.39, 0.29) is 24.1 Å². The highest BCUT2D eigenvalue weighted by molar-refractivity contribution is 5.99. The number of aryl methyl sites for hydroxylation is 1. The number of carbonyl (C=O) groups excluding carboxylic acids is 1. The van der Waals surface area contributed by atoms with Gasteiger partial charge >= 0.3 is 0 Å². The van der Waals surface area contributed by atoms with E-state index in [1.165, 1.54) is 12.1 Å². The average Bonchev–Trinajstić information content (AvgIpc) is 3.47. The summed E-state index contributed by atoms with van der Waals surface area (Å²) in [5.41, 5.74) is 9.50. The normalized spacial score (nSPS) is 16.5. The minimum atomic E-state index is -1.14. The van der Waals surface area contributed by atoms with Crippen molar-refractivity contribution in [3.63, 3.8) is 0 Å². The minimum absolute atomic E-state index is 0.0589. The number of aliphatic hydroxyl groups excluding tert-OH is 2. The van der Waals surface area contributed by atoms with E-state index in [0.717, 1.165) is 29.3 Å². The molecule has 9 nitrogen and oxygen atoms in total. The first-order chi connectivity index (χ1) is 18.3. The largest absolute Gasteiger partial charge is 0.394 e. The Labute approximate surface area is 219 Å². The van der Waals surface area contributed by atoms with Gasteiger partial charge in [0.05, 0.1) is 36.0 Å². The lowest BCUT2D eigenvalue weighted by Crippen LogP contribution is -2.46. The van der Waals surface area contributed by atoms with Crippen LogP contribution in [0.2, 0.25) is 0 Å². The van der Waals surface area contributed by atoms with E-state index in [1.54, 1.807) is 26.3 Å². The molecule has 0 aliphatic carbocycles. The van der Waals surface area contributed by atoms with Gasteiger partial charge in [-0.1, -0.05) is 12.1 Å². The molecule has 2 aromatic heterocycles. The maximum atomic E-state index is 14.7. The fourth-order valence-electron chi connectivity index (χ4n) is 5.14. The van der Waals surface area contributed by atoms with Gasteiger partial charge in [-0.25, -0.2) is 4.39 Å². The molecule has 10 heteroatoms. The number of fused-ring (bicyclic) bond motifs is 1. The molecule has 0 radical (unpaired) electrons. The van der Waals surface area contributed by atoms with Crippen molar-refractivity contribution in [2.75, 3.05) is 19.7 Å². The molecule has 196 valence electrons. The summed E-state index contributed by atoms with van der Waals surface area (Å²) in [5.74, 6) is -0.925. The molecule has 0 spiro atoms. The van der Waals surface area contributed by atoms with Crippen LogP contribution in [0.5, 0.6) is 0 Å². The number of halogens is 1. The van der Waals surface area contributed by atoms with Gasteiger partial charge in [0.2, 0.25) is 0 Å². The van der Waals surface area contributed by atoms with Gasteiger partial charge in [0, 0.05) is 43.3 Å². The number of hydrogen-bond acceptors (Lipinski definition) is 6. The number of nitrogens with two attached hydrogens (primary N) is 1. The number of aliphatic hydroxyl groups is 2. The molecule has 1 fully saturated rings. The summed E-state index contributed by atoms with van der Waals surface area (Å²) >= 11 is 0. The summed E-state index contributed by atoms with van der Waals surface area (Å²) in [6.45, 7) is 0.404. The third-order valence-electron chi connectivity index (χ3n) is 6.96. The van der Waals surface area contributed by atoms with Crippen molar-refractivity contribution in [3.8, 4) is 28.5 Å². The fraction of sp³-hybridized carbons (Fsp3) is 0.321. The zero-order valence-electron chi connectivity index (χ0n) is 21.0. The second kappa shape index (κ2) is 10.4. The van der Waals surface area contributed by atoms with Gasteiger partial charge in [-0.2, -0.15) is 10.4 Å². The van der Waals surface area contributed by atoms with E-state index in [0.29, 0.717) is 35.6 Å². The number of benzene rings is 2. The molecule has 0 saturated carbocycles. The van der Waals surface area contributed by atoms with Gasteiger partial charge < -0.3 is 25.4 Å². The second-order valence-electron chi connectivity index (χ2n) is 9.78. The number of carbonyl (C=O) groups is 1. The van der Waals surface area contributed by atoms with Crippen LogP contribution in [0.3, 0.4) is 0 Å². The van der Waals surface area contributed by atoms with Gasteiger partial charge in [-0.05, 0) is 54.3 Å². The molecule has 1 amide bonds. The predicted molar refractivity (Wildman–Crippen MR) is 140 cm³/mol. The molecular weight excluding hydrogens is 487 g/mol. The van der Waals surface area contributed by atoms with Crippen LogP contribution in [0.15, 0.2) is 48.7 Å². The van der Waals surface area contributed by atoms with Crippen molar-refractivity contribution < 1.29 is 19.4 Å². The number of nitriles is 1. The predicted octanol–water partition coefficient (Wildman–Crippen LogP) is 2.64. The Morgan fingerprint density at radius 1 is 1.26 bits per heavy atom. The SMILES string of the molecule is Cn1cc2cc(-c3c(-c4ccc(C#N)c(F)c4)cc(C(=O)N4CCCC(N)C4)n3CC(O)CO)ccc2n1. The highest BCUT2D eigenvalue weighted by Gasteiger charge is 2.29. The van der Waals surface area contributed by atoms with Gasteiger partial charge in [0.1, 0.15) is 17.6 Å². The van der Waals surface area contributed by atoms with E-state index >= 15 is 0 Å². The highest BCUT2D eigenvalue weighted by atomic mass is 19.1. The Hall–Kier alpha value is -4.04. The Balaban J connectivity index is 1.75. The van der Waals surface area contributed by atoms with Crippen LogP contribution >= 0.6 is 0 Å². The highest BCUT2D eigenvalue weighted by Crippen LogP contribution is 2.38. The molecule has 1 saturated heterocycles. The third-order valence-corrected chi connectivity index (χ3v) is 6.96. The molecule has 1 aliphatic heterocycles. The molecule has 2 unspecified atom stereocenters. The smallest absolute Gasteiger partial charge is 0.270 e. The van der Waals surface area contributed by atoms with Crippen LogP contribution in [0.1, 0.15) is 28.9 Å². The van der Waals surface area contributed by atoms with E-state index in [2.05, 4.69) is 5.10 Å². The molecule has 0 bridgehead atoms. The number of aromatic nitrogens is 3. The Morgan fingerprint density at radius 3 is 2.76 bits per heavy atom. The van der Waals surface area contributed by atoms with Crippen molar-refractivity contribution >= 4 is 16.8 Å². The zero-order chi connectivity index (χ0) is 27.0. The topological polar surface area (TPSA) is 133 Å². The molecule has 2 aromatic carbocycles. The molecule has 5 rings (SSSR count). The lowest BCUT2D eigenvalue weighted by Gasteiger charge is -2.31. The summed E-state index contributed by atoms with van der Waals surface area (Å²) in [6, 6.07) is 13.4. The number of nitrogens with zero attached hydrogens (tertiary/aromatic N) is 5. The van der Waals surface area contributed by atoms with E-state index < -0.39 is 18.5 Å². The van der Waals surface area contributed by atoms with E-state index in [1.807, 2.05) is 37.5 Å². The lowest BCUT2D eigenvalue weighted by molar-refractivity contribution is 0.0668. The minimum Gasteiger partial charge on any atom is -0.394 e. The maximum absolute atomic E-state index is 14.7. The first-order valence-corrected chi connectivity index (χ1v) is 12.5. The van der Waals surface area contributed by atoms with Crippen molar-refractivity contribution in [1.82, 2.24) is 19.2 Å². The number of amides is 1. The fourth-order valence-corrected chi connectivity index (χ4v) is 5.14. The third kappa shape index (κ3) is 4.79. The summed E-state index contributed by atoms with van der Waals surface area (Å²) < 4.78 is 18.1. The maximum Gasteiger partial charge on any atom is 0.270 e. The number of hydrogen-bond donors (Lipinski definition) is 3. The van der Waals surface area contributed by atoms with Crippen molar-refractivity contribution in [2.45, 2.75) is 31.5 Å². The summed E-state index contributed by atoms with van der Waals surface area (Å²) in [4.78, 5) is 15.5. The molecule has 2 atom stereocenters. The van der Waals surface area contributed by atoms with Crippen LogP contribution in [-0.4, -0.2) is 67.2 Å². The van der Waals surface area contributed by atoms with Gasteiger partial charge in [0.15, 0.2) is 0 Å². The Morgan fingerprint density at radius 2 is 2.05 bits per heavy atom. The molecule has 4 aromatic rings. The zero-order valence-corrected chi connectivity index (χ0v) is 21.0. The Bertz CT molecular complexity index is 1550. The lowest BCUT2D eigenvalue weighted by atomic mass is 9.99. The van der Waals surface area contributed by atoms with Crippen LogP contribution in [0.25, 0.3) is 33.3 Å². The van der Waals surface area contributed by atoms with Crippen molar-refractivity contribution in [2.24, 2.45) is 12.8 Å². The average molecular weight is 517 g/mol. The molecular formula is C28H29FN6O3. The molecule has 4 N–H and O–H groups in total. The summed E-state index contributed by atoms with van der Waals surface area (Å²) in [5, 5.41) is 34.7. The molecule has 3 heterocycles. The molecule has 1 aliphatic rings. The quantitative estimate of drug-likeness (QED) is 0.361. The molecule has 38 heavy (non-hydrogen) atoms. The van der Waals surface area contributed by atoms with Gasteiger partial charge in [0.25, 0.3) is 5.91 Å². The first-order valence-electron chi connectivity index (χ1n) is 12.5. The van der Waals surface area contributed by atoms with Crippen molar-refractivity contribution in [1.29, 1.82) is 5.26 Å². The van der Waals surface area contributed by atoms with Gasteiger partial charge in [-0.15, -0.1) is 0 Å². The van der Waals surface area contributed by atoms with Crippen LogP contribution in [0, 0.1) is 17.1 Å². The number of rotatable bonds is 6. The second-order valence-corrected chi connectivity index (χ2v) is 9.78. The van der Waals surface area contributed by atoms with Gasteiger partial charge in [-0.3, -0.25) is 9.48 Å². The van der Waals surface area contributed by atoms with Crippen molar-refractivity contribution in [3.05, 3.63) is 65.7 Å².